The number of carbonyl (C=O) groups excluding carboxylic acids is 3. The number of methoxy groups -OCH3 is 1. The predicted molar refractivity (Wildman–Crippen MR) is 105 cm³/mol. The first-order chi connectivity index (χ1) is 13.3. The van der Waals surface area contributed by atoms with Gasteiger partial charge in [0.05, 0.1) is 13.2 Å². The summed E-state index contributed by atoms with van der Waals surface area (Å²) in [5.41, 5.74) is 2.73. The summed E-state index contributed by atoms with van der Waals surface area (Å²) in [6.45, 7) is 3.47. The molecular formula is C19H23N3O5S. The minimum absolute atomic E-state index is 0.125. The molecule has 0 aliphatic carbocycles. The van der Waals surface area contributed by atoms with Crippen LogP contribution in [0.1, 0.15) is 26.6 Å². The molecule has 0 aliphatic heterocycles. The standard InChI is InChI=1S/C19H23N3O5S/c1-12-6-5-7-13(2)18(12)21-15(23)8-22(3)17(24)10-27-19(25)14-11-28-16(20-14)9-26-4/h5-7,11H,8-10H2,1-4H3,(H,21,23). The average molecular weight is 405 g/mol. The van der Waals surface area contributed by atoms with E-state index < -0.39 is 18.5 Å². The monoisotopic (exact) mass is 405 g/mol. The van der Waals surface area contributed by atoms with Crippen molar-refractivity contribution in [2.45, 2.75) is 20.5 Å². The van der Waals surface area contributed by atoms with Gasteiger partial charge in [-0.3, -0.25) is 9.59 Å². The van der Waals surface area contributed by atoms with Gasteiger partial charge in [-0.1, -0.05) is 18.2 Å². The molecular weight excluding hydrogens is 382 g/mol. The Balaban J connectivity index is 1.83. The second kappa shape index (κ2) is 9.95. The van der Waals surface area contributed by atoms with Gasteiger partial charge < -0.3 is 19.7 Å². The number of hydrogen-bond acceptors (Lipinski definition) is 7. The van der Waals surface area contributed by atoms with E-state index in [-0.39, 0.29) is 18.1 Å². The normalized spacial score (nSPS) is 10.4. The Hall–Kier alpha value is -2.78. The summed E-state index contributed by atoms with van der Waals surface area (Å²) in [6.07, 6.45) is 0. The number of aryl methyl sites for hydroxylation is 2. The van der Waals surface area contributed by atoms with Crippen molar-refractivity contribution in [2.75, 3.05) is 32.6 Å². The Morgan fingerprint density at radius 3 is 2.54 bits per heavy atom. The van der Waals surface area contributed by atoms with Crippen molar-refractivity contribution in [3.63, 3.8) is 0 Å². The molecule has 1 heterocycles. The molecule has 1 aromatic heterocycles. The van der Waals surface area contributed by atoms with Gasteiger partial charge in [-0.05, 0) is 25.0 Å². The van der Waals surface area contributed by atoms with Gasteiger partial charge in [0.25, 0.3) is 5.91 Å². The maximum Gasteiger partial charge on any atom is 0.358 e. The first-order valence-corrected chi connectivity index (χ1v) is 9.40. The Labute approximate surface area is 167 Å². The number of ether oxygens (including phenoxy) is 2. The molecule has 150 valence electrons. The third-order valence-corrected chi connectivity index (χ3v) is 4.73. The summed E-state index contributed by atoms with van der Waals surface area (Å²) < 4.78 is 9.92. The number of esters is 1. The molecule has 0 fully saturated rings. The fourth-order valence-electron chi connectivity index (χ4n) is 2.40. The lowest BCUT2D eigenvalue weighted by atomic mass is 10.1. The fourth-order valence-corrected chi connectivity index (χ4v) is 3.13. The maximum absolute atomic E-state index is 12.2. The number of hydrogen-bond donors (Lipinski definition) is 1. The van der Waals surface area contributed by atoms with E-state index in [1.54, 1.807) is 5.38 Å². The smallest absolute Gasteiger partial charge is 0.358 e. The first kappa shape index (κ1) is 21.5. The van der Waals surface area contributed by atoms with Crippen molar-refractivity contribution in [1.82, 2.24) is 9.88 Å². The van der Waals surface area contributed by atoms with Gasteiger partial charge in [0.2, 0.25) is 5.91 Å². The molecule has 0 aliphatic rings. The highest BCUT2D eigenvalue weighted by Crippen LogP contribution is 2.19. The lowest BCUT2D eigenvalue weighted by Crippen LogP contribution is -2.37. The third kappa shape index (κ3) is 5.86. The Bertz CT molecular complexity index is 845. The molecule has 28 heavy (non-hydrogen) atoms. The Morgan fingerprint density at radius 2 is 1.89 bits per heavy atom. The summed E-state index contributed by atoms with van der Waals surface area (Å²) in [4.78, 5) is 41.6. The lowest BCUT2D eigenvalue weighted by Gasteiger charge is -2.18. The quantitative estimate of drug-likeness (QED) is 0.676. The highest BCUT2D eigenvalue weighted by molar-refractivity contribution is 7.09. The Morgan fingerprint density at radius 1 is 1.21 bits per heavy atom. The summed E-state index contributed by atoms with van der Waals surface area (Å²) in [5.74, 6) is -1.51. The Kier molecular flexibility index (Phi) is 7.65. The third-order valence-electron chi connectivity index (χ3n) is 3.91. The number of anilines is 1. The SMILES string of the molecule is COCc1nc(C(=O)OCC(=O)N(C)CC(=O)Nc2c(C)cccc2C)cs1. The number of benzene rings is 1. The topological polar surface area (TPSA) is 97.8 Å². The van der Waals surface area contributed by atoms with Gasteiger partial charge in [0.15, 0.2) is 12.3 Å². The minimum Gasteiger partial charge on any atom is -0.451 e. The van der Waals surface area contributed by atoms with E-state index in [2.05, 4.69) is 10.3 Å². The number of nitrogens with zero attached hydrogens (tertiary/aromatic N) is 2. The van der Waals surface area contributed by atoms with E-state index in [0.29, 0.717) is 11.6 Å². The second-order valence-corrected chi connectivity index (χ2v) is 7.14. The average Bonchev–Trinajstić information content (AvgIpc) is 3.11. The number of rotatable bonds is 8. The van der Waals surface area contributed by atoms with E-state index in [0.717, 1.165) is 16.8 Å². The lowest BCUT2D eigenvalue weighted by molar-refractivity contribution is -0.136. The van der Waals surface area contributed by atoms with Gasteiger partial charge in [-0.25, -0.2) is 9.78 Å². The molecule has 2 rings (SSSR count). The molecule has 1 aromatic carbocycles. The molecule has 0 saturated heterocycles. The highest BCUT2D eigenvalue weighted by Gasteiger charge is 2.18. The predicted octanol–water partition coefficient (Wildman–Crippen LogP) is 2.16. The van der Waals surface area contributed by atoms with Crippen LogP contribution in [0.3, 0.4) is 0 Å². The van der Waals surface area contributed by atoms with Crippen LogP contribution in [0.15, 0.2) is 23.6 Å². The van der Waals surface area contributed by atoms with Crippen LogP contribution in [0, 0.1) is 13.8 Å². The van der Waals surface area contributed by atoms with E-state index in [1.165, 1.54) is 30.4 Å². The molecule has 8 nitrogen and oxygen atoms in total. The molecule has 2 amide bonds. The molecule has 0 saturated carbocycles. The number of likely N-dealkylation sites (N-methyl/N-ethyl adjacent to an activating group) is 1. The van der Waals surface area contributed by atoms with Gasteiger partial charge in [-0.2, -0.15) is 0 Å². The molecule has 0 spiro atoms. The minimum atomic E-state index is -0.694. The van der Waals surface area contributed by atoms with Crippen molar-refractivity contribution in [3.8, 4) is 0 Å². The van der Waals surface area contributed by atoms with Crippen LogP contribution in [0.2, 0.25) is 0 Å². The maximum atomic E-state index is 12.2. The van der Waals surface area contributed by atoms with Crippen LogP contribution in [0.4, 0.5) is 5.69 Å². The molecule has 9 heteroatoms. The van der Waals surface area contributed by atoms with E-state index >= 15 is 0 Å². The van der Waals surface area contributed by atoms with Crippen molar-refractivity contribution in [3.05, 3.63) is 45.4 Å². The van der Waals surface area contributed by atoms with Crippen molar-refractivity contribution in [2.24, 2.45) is 0 Å². The van der Waals surface area contributed by atoms with E-state index in [9.17, 15) is 14.4 Å². The fraction of sp³-hybridized carbons (Fsp3) is 0.368. The number of thiazole rings is 1. The van der Waals surface area contributed by atoms with E-state index in [4.69, 9.17) is 9.47 Å². The van der Waals surface area contributed by atoms with Gasteiger partial charge in [0.1, 0.15) is 5.01 Å². The van der Waals surface area contributed by atoms with Crippen LogP contribution in [0.25, 0.3) is 0 Å². The summed E-state index contributed by atoms with van der Waals surface area (Å²) in [6, 6.07) is 5.70. The van der Waals surface area contributed by atoms with Gasteiger partial charge >= 0.3 is 5.97 Å². The van der Waals surface area contributed by atoms with Crippen molar-refractivity contribution in [1.29, 1.82) is 0 Å². The number of amides is 2. The molecule has 0 bridgehead atoms. The van der Waals surface area contributed by atoms with Crippen LogP contribution in [-0.2, 0) is 25.7 Å². The van der Waals surface area contributed by atoms with Crippen LogP contribution in [-0.4, -0.2) is 55.0 Å². The highest BCUT2D eigenvalue weighted by atomic mass is 32.1. The number of aromatic nitrogens is 1. The summed E-state index contributed by atoms with van der Waals surface area (Å²) in [7, 11) is 3.00. The second-order valence-electron chi connectivity index (χ2n) is 6.20. The number of para-hydroxylation sites is 1. The van der Waals surface area contributed by atoms with Gasteiger partial charge in [-0.15, -0.1) is 11.3 Å². The molecule has 1 N–H and O–H groups in total. The zero-order valence-corrected chi connectivity index (χ0v) is 17.1. The van der Waals surface area contributed by atoms with Crippen LogP contribution < -0.4 is 5.32 Å². The van der Waals surface area contributed by atoms with Crippen LogP contribution in [0.5, 0.6) is 0 Å². The molecule has 0 atom stereocenters. The molecule has 0 radical (unpaired) electrons. The van der Waals surface area contributed by atoms with E-state index in [1.807, 2.05) is 32.0 Å². The summed E-state index contributed by atoms with van der Waals surface area (Å²) in [5, 5.41) is 4.99. The molecule has 0 unspecified atom stereocenters. The van der Waals surface area contributed by atoms with Crippen molar-refractivity contribution >= 4 is 34.8 Å². The first-order valence-electron chi connectivity index (χ1n) is 8.52. The zero-order chi connectivity index (χ0) is 20.7. The summed E-state index contributed by atoms with van der Waals surface area (Å²) >= 11 is 1.27. The zero-order valence-electron chi connectivity index (χ0n) is 16.3. The largest absolute Gasteiger partial charge is 0.451 e. The number of carbonyl (C=O) groups is 3. The molecule has 2 aromatic rings. The number of nitrogens with one attached hydrogen (secondary N) is 1. The van der Waals surface area contributed by atoms with Crippen molar-refractivity contribution < 1.29 is 23.9 Å². The van der Waals surface area contributed by atoms with Gasteiger partial charge in [0, 0.05) is 25.2 Å². The van der Waals surface area contributed by atoms with Crippen LogP contribution >= 0.6 is 11.3 Å².